The van der Waals surface area contributed by atoms with Crippen molar-refractivity contribution < 1.29 is 0 Å². The van der Waals surface area contributed by atoms with Crippen LogP contribution in [0.15, 0.2) is 31.8 Å². The van der Waals surface area contributed by atoms with Crippen LogP contribution in [0.2, 0.25) is 5.02 Å². The molecule has 2 aromatic rings. The van der Waals surface area contributed by atoms with E-state index in [1.807, 2.05) is 19.2 Å². The van der Waals surface area contributed by atoms with E-state index < -0.39 is 0 Å². The molecule has 5 heteroatoms. The van der Waals surface area contributed by atoms with Gasteiger partial charge in [-0.05, 0) is 74.7 Å². The molecule has 0 aliphatic heterocycles. The van der Waals surface area contributed by atoms with Crippen molar-refractivity contribution in [3.8, 4) is 0 Å². The third kappa shape index (κ3) is 2.83. The number of halogens is 3. The predicted octanol–water partition coefficient (Wildman–Crippen LogP) is 5.54. The lowest BCUT2D eigenvalue weighted by atomic mass is 9.97. The topological polar surface area (TPSA) is 12.0 Å². The zero-order chi connectivity index (χ0) is 13.3. The van der Waals surface area contributed by atoms with Gasteiger partial charge in [-0.15, -0.1) is 11.3 Å². The first-order valence-corrected chi connectivity index (χ1v) is 8.19. The Morgan fingerprint density at radius 3 is 2.56 bits per heavy atom. The summed E-state index contributed by atoms with van der Waals surface area (Å²) in [4.78, 5) is 0. The van der Waals surface area contributed by atoms with Crippen molar-refractivity contribution in [2.45, 2.75) is 13.0 Å². The average molecular weight is 410 g/mol. The smallest absolute Gasteiger partial charge is 0.0761 e. The van der Waals surface area contributed by atoms with Crippen molar-refractivity contribution in [3.63, 3.8) is 0 Å². The highest BCUT2D eigenvalue weighted by molar-refractivity contribution is 9.12. The maximum atomic E-state index is 6.20. The summed E-state index contributed by atoms with van der Waals surface area (Å²) in [6.45, 7) is 2.05. The largest absolute Gasteiger partial charge is 0.309 e. The molecule has 2 rings (SSSR count). The van der Waals surface area contributed by atoms with Gasteiger partial charge in [0.1, 0.15) is 0 Å². The van der Waals surface area contributed by atoms with E-state index in [0.29, 0.717) is 0 Å². The maximum absolute atomic E-state index is 6.20. The third-order valence-electron chi connectivity index (χ3n) is 2.90. The molecule has 0 aliphatic carbocycles. The van der Waals surface area contributed by atoms with Crippen molar-refractivity contribution in [1.29, 1.82) is 0 Å². The molecule has 0 spiro atoms. The fourth-order valence-corrected chi connectivity index (χ4v) is 5.05. The van der Waals surface area contributed by atoms with Crippen LogP contribution >= 0.6 is 54.8 Å². The van der Waals surface area contributed by atoms with Gasteiger partial charge in [-0.1, -0.05) is 23.7 Å². The second kappa shape index (κ2) is 6.06. The van der Waals surface area contributed by atoms with E-state index in [9.17, 15) is 0 Å². The second-order valence-corrected chi connectivity index (χ2v) is 8.11. The number of hydrogen-bond acceptors (Lipinski definition) is 2. The molecule has 0 saturated heterocycles. The minimum atomic E-state index is 0.139. The number of nitrogens with one attached hydrogen (secondary N) is 1. The Labute approximate surface area is 133 Å². The normalized spacial score (nSPS) is 12.7. The Balaban J connectivity index is 2.52. The monoisotopic (exact) mass is 407 g/mol. The Morgan fingerprint density at radius 2 is 2.00 bits per heavy atom. The molecular weight excluding hydrogens is 397 g/mol. The lowest BCUT2D eigenvalue weighted by molar-refractivity contribution is 0.687. The van der Waals surface area contributed by atoms with Gasteiger partial charge in [0.15, 0.2) is 0 Å². The molecule has 1 heterocycles. The minimum Gasteiger partial charge on any atom is -0.309 e. The van der Waals surface area contributed by atoms with Crippen molar-refractivity contribution in [3.05, 3.63) is 53.6 Å². The van der Waals surface area contributed by atoms with E-state index in [1.54, 1.807) is 11.3 Å². The van der Waals surface area contributed by atoms with Crippen molar-refractivity contribution >= 4 is 54.8 Å². The Bertz CT molecular complexity index is 568. The molecular formula is C13H12Br2ClNS. The van der Waals surface area contributed by atoms with Gasteiger partial charge in [0, 0.05) is 5.02 Å². The van der Waals surface area contributed by atoms with E-state index in [-0.39, 0.29) is 6.04 Å². The third-order valence-corrected chi connectivity index (χ3v) is 5.70. The van der Waals surface area contributed by atoms with Crippen LogP contribution in [0, 0.1) is 6.92 Å². The van der Waals surface area contributed by atoms with Gasteiger partial charge in [0.05, 0.1) is 13.6 Å². The summed E-state index contributed by atoms with van der Waals surface area (Å²) in [7, 11) is 1.96. The van der Waals surface area contributed by atoms with Crippen LogP contribution < -0.4 is 5.32 Å². The van der Waals surface area contributed by atoms with Crippen LogP contribution in [0.4, 0.5) is 0 Å². The van der Waals surface area contributed by atoms with Gasteiger partial charge < -0.3 is 5.32 Å². The molecule has 0 saturated carbocycles. The molecule has 1 atom stereocenters. The van der Waals surface area contributed by atoms with E-state index >= 15 is 0 Å². The summed E-state index contributed by atoms with van der Waals surface area (Å²) in [5.74, 6) is 0. The summed E-state index contributed by atoms with van der Waals surface area (Å²) < 4.78 is 2.25. The van der Waals surface area contributed by atoms with Crippen LogP contribution in [0.25, 0.3) is 0 Å². The summed E-state index contributed by atoms with van der Waals surface area (Å²) in [6, 6.07) is 8.30. The zero-order valence-electron chi connectivity index (χ0n) is 9.93. The fraction of sp³-hybridized carbons (Fsp3) is 0.231. The predicted molar refractivity (Wildman–Crippen MR) is 86.8 cm³/mol. The Hall–Kier alpha value is 0.130. The molecule has 0 bridgehead atoms. The number of thiophene rings is 1. The first kappa shape index (κ1) is 14.5. The Kier molecular flexibility index (Phi) is 4.89. The lowest BCUT2D eigenvalue weighted by Crippen LogP contribution is -2.18. The fourth-order valence-electron chi connectivity index (χ4n) is 1.97. The van der Waals surface area contributed by atoms with Crippen LogP contribution in [-0.2, 0) is 0 Å². The van der Waals surface area contributed by atoms with Crippen molar-refractivity contribution in [2.24, 2.45) is 0 Å². The first-order chi connectivity index (χ1) is 8.54. The molecule has 1 nitrogen and oxygen atoms in total. The molecule has 0 radical (unpaired) electrons. The highest BCUT2D eigenvalue weighted by Gasteiger charge is 2.19. The number of benzene rings is 1. The molecule has 1 unspecified atom stereocenters. The van der Waals surface area contributed by atoms with Crippen LogP contribution in [0.3, 0.4) is 0 Å². The molecule has 0 amide bonds. The van der Waals surface area contributed by atoms with Gasteiger partial charge in [0.2, 0.25) is 0 Å². The SMILES string of the molecule is CNC(c1cc(Br)sc1Br)c1cccc(Cl)c1C. The number of hydrogen-bond donors (Lipinski definition) is 1. The van der Waals surface area contributed by atoms with Crippen molar-refractivity contribution in [2.75, 3.05) is 7.05 Å². The average Bonchev–Trinajstić information content (AvgIpc) is 2.65. The van der Waals surface area contributed by atoms with Crippen LogP contribution in [0.1, 0.15) is 22.7 Å². The van der Waals surface area contributed by atoms with Gasteiger partial charge in [-0.3, -0.25) is 0 Å². The summed E-state index contributed by atoms with van der Waals surface area (Å²) in [5, 5.41) is 4.16. The second-order valence-electron chi connectivity index (χ2n) is 3.96. The zero-order valence-corrected chi connectivity index (χ0v) is 14.7. The van der Waals surface area contributed by atoms with Gasteiger partial charge in [0.25, 0.3) is 0 Å². The standard InChI is InChI=1S/C13H12Br2ClNS/c1-7-8(4-3-5-10(7)16)12(17-2)9-6-11(14)18-13(9)15/h3-6,12,17H,1-2H3. The summed E-state index contributed by atoms with van der Waals surface area (Å²) >= 11 is 15.0. The molecule has 0 aliphatic rings. The lowest BCUT2D eigenvalue weighted by Gasteiger charge is -2.19. The molecule has 1 aromatic carbocycles. The Morgan fingerprint density at radius 1 is 1.28 bits per heavy atom. The van der Waals surface area contributed by atoms with Gasteiger partial charge >= 0.3 is 0 Å². The molecule has 0 fully saturated rings. The molecule has 1 aromatic heterocycles. The quantitative estimate of drug-likeness (QED) is 0.701. The number of rotatable bonds is 3. The van der Waals surface area contributed by atoms with E-state index in [2.05, 4.69) is 56.2 Å². The van der Waals surface area contributed by atoms with E-state index in [1.165, 1.54) is 11.1 Å². The molecule has 18 heavy (non-hydrogen) atoms. The minimum absolute atomic E-state index is 0.139. The molecule has 1 N–H and O–H groups in total. The van der Waals surface area contributed by atoms with Gasteiger partial charge in [-0.25, -0.2) is 0 Å². The van der Waals surface area contributed by atoms with Crippen LogP contribution in [0.5, 0.6) is 0 Å². The highest BCUT2D eigenvalue weighted by atomic mass is 79.9. The van der Waals surface area contributed by atoms with E-state index in [4.69, 9.17) is 11.6 Å². The first-order valence-electron chi connectivity index (χ1n) is 5.41. The van der Waals surface area contributed by atoms with E-state index in [0.717, 1.165) is 18.2 Å². The highest BCUT2D eigenvalue weighted by Crippen LogP contribution is 2.39. The summed E-state index contributed by atoms with van der Waals surface area (Å²) in [6.07, 6.45) is 0. The maximum Gasteiger partial charge on any atom is 0.0761 e. The molecule has 96 valence electrons. The summed E-state index contributed by atoms with van der Waals surface area (Å²) in [5.41, 5.74) is 3.54. The van der Waals surface area contributed by atoms with Crippen molar-refractivity contribution in [1.82, 2.24) is 5.32 Å². The van der Waals surface area contributed by atoms with Crippen LogP contribution in [-0.4, -0.2) is 7.05 Å². The van der Waals surface area contributed by atoms with Gasteiger partial charge in [-0.2, -0.15) is 0 Å².